The van der Waals surface area contributed by atoms with E-state index in [4.69, 9.17) is 11.8 Å². The minimum atomic E-state index is -0.967. The molecule has 0 rings (SSSR count). The highest BCUT2D eigenvalue weighted by atomic mass is 35.5. The minimum Gasteiger partial charge on any atom is -0.480 e. The molecule has 0 heterocycles. The van der Waals surface area contributed by atoms with Crippen molar-refractivity contribution in [2.45, 2.75) is 109 Å². The zero-order valence-corrected chi connectivity index (χ0v) is 18.4. The lowest BCUT2D eigenvalue weighted by molar-refractivity contribution is -0.142. The number of aliphatic carboxylic acids is 1. The van der Waals surface area contributed by atoms with Crippen molar-refractivity contribution in [2.24, 2.45) is 0 Å². The molecule has 28 heavy (non-hydrogen) atoms. The Morgan fingerprint density at radius 3 is 2.11 bits per heavy atom. The molecular weight excluding hydrogens is 376 g/mol. The number of hydrogen-bond donors (Lipinski definition) is 3. The molecule has 0 fully saturated rings. The summed E-state index contributed by atoms with van der Waals surface area (Å²) in [5.41, 5.74) is 0. The van der Waals surface area contributed by atoms with Gasteiger partial charge in [0.25, 0.3) is 0 Å². The summed E-state index contributed by atoms with van der Waals surface area (Å²) < 4.78 is 0. The summed E-state index contributed by atoms with van der Waals surface area (Å²) in [4.78, 5) is 25.7. The number of rotatable bonds is 20. The van der Waals surface area contributed by atoms with Crippen LogP contribution in [-0.2, 0) is 9.59 Å². The molecule has 0 aromatic carbocycles. The Labute approximate surface area is 176 Å². The lowest BCUT2D eigenvalue weighted by Crippen LogP contribution is -2.40. The van der Waals surface area contributed by atoms with Gasteiger partial charge in [0, 0.05) is 13.0 Å². The maximum absolute atomic E-state index is 11.9. The number of amides is 1. The first-order chi connectivity index (χ1) is 13.6. The van der Waals surface area contributed by atoms with Gasteiger partial charge < -0.3 is 10.4 Å². The van der Waals surface area contributed by atoms with Crippen molar-refractivity contribution in [2.75, 3.05) is 6.54 Å². The van der Waals surface area contributed by atoms with Crippen molar-refractivity contribution in [3.63, 3.8) is 0 Å². The number of unbranched alkanes of at least 4 members (excludes halogenated alkanes) is 10. The van der Waals surface area contributed by atoms with Crippen LogP contribution in [0, 0.1) is 0 Å². The molecule has 3 N–H and O–H groups in total. The van der Waals surface area contributed by atoms with E-state index in [0.717, 1.165) is 32.1 Å². The highest BCUT2D eigenvalue weighted by Crippen LogP contribution is 2.09. The molecule has 164 valence electrons. The summed E-state index contributed by atoms with van der Waals surface area (Å²) in [5.74, 6) is -1.13. The van der Waals surface area contributed by atoms with Crippen LogP contribution < -0.4 is 10.2 Å². The molecule has 1 amide bonds. The molecule has 0 aliphatic heterocycles. The van der Waals surface area contributed by atoms with Crippen molar-refractivity contribution < 1.29 is 14.7 Å². The van der Waals surface area contributed by atoms with E-state index in [9.17, 15) is 14.7 Å². The van der Waals surface area contributed by atoms with E-state index in [1.807, 2.05) is 0 Å². The third kappa shape index (κ3) is 18.3. The molecule has 6 heteroatoms. The second-order valence-corrected chi connectivity index (χ2v) is 7.73. The van der Waals surface area contributed by atoms with Gasteiger partial charge in [-0.1, -0.05) is 57.6 Å². The normalized spacial score (nSPS) is 12.4. The van der Waals surface area contributed by atoms with Gasteiger partial charge in [-0.25, -0.2) is 9.63 Å². The molecule has 0 saturated heterocycles. The molecule has 0 aliphatic carbocycles. The van der Waals surface area contributed by atoms with Crippen LogP contribution in [0.3, 0.4) is 0 Å². The van der Waals surface area contributed by atoms with Gasteiger partial charge in [-0.3, -0.25) is 4.79 Å². The topological polar surface area (TPSA) is 78.4 Å². The molecule has 5 nitrogen and oxygen atoms in total. The predicted octanol–water partition coefficient (Wildman–Crippen LogP) is 5.73. The Morgan fingerprint density at radius 1 is 0.893 bits per heavy atom. The van der Waals surface area contributed by atoms with E-state index in [1.165, 1.54) is 44.9 Å². The van der Waals surface area contributed by atoms with Crippen LogP contribution in [0.2, 0.25) is 0 Å². The van der Waals surface area contributed by atoms with E-state index in [-0.39, 0.29) is 5.91 Å². The first-order valence-corrected chi connectivity index (χ1v) is 11.5. The molecule has 0 bridgehead atoms. The average Bonchev–Trinajstić information content (AvgIpc) is 2.67. The third-order valence-corrected chi connectivity index (χ3v) is 5.00. The third-order valence-electron chi connectivity index (χ3n) is 4.81. The number of carbonyl (C=O) groups excluding carboxylic acids is 1. The smallest absolute Gasteiger partial charge is 0.326 e. The van der Waals surface area contributed by atoms with Crippen LogP contribution in [0.5, 0.6) is 0 Å². The number of hydrogen-bond acceptors (Lipinski definition) is 3. The fraction of sp³-hybridized carbons (Fsp3) is 0.818. The summed E-state index contributed by atoms with van der Waals surface area (Å²) >= 11 is 5.37. The van der Waals surface area contributed by atoms with Gasteiger partial charge in [0.05, 0.1) is 0 Å². The summed E-state index contributed by atoms with van der Waals surface area (Å²) in [6.07, 6.45) is 20.0. The van der Waals surface area contributed by atoms with Gasteiger partial charge in [-0.2, -0.15) is 0 Å². The Balaban J connectivity index is 3.59. The summed E-state index contributed by atoms with van der Waals surface area (Å²) in [7, 11) is 0. The maximum atomic E-state index is 11.9. The second-order valence-electron chi connectivity index (χ2n) is 7.46. The molecule has 0 unspecified atom stereocenters. The van der Waals surface area contributed by atoms with Crippen molar-refractivity contribution >= 4 is 23.7 Å². The second kappa shape index (κ2) is 20.7. The average molecular weight is 417 g/mol. The van der Waals surface area contributed by atoms with E-state index >= 15 is 0 Å². The largest absolute Gasteiger partial charge is 0.480 e. The quantitative estimate of drug-likeness (QED) is 0.134. The Kier molecular flexibility index (Phi) is 19.9. The highest BCUT2D eigenvalue weighted by molar-refractivity contribution is 6.13. The van der Waals surface area contributed by atoms with E-state index in [2.05, 4.69) is 29.2 Å². The summed E-state index contributed by atoms with van der Waals surface area (Å²) in [6.45, 7) is 2.87. The van der Waals surface area contributed by atoms with Crippen molar-refractivity contribution in [1.82, 2.24) is 10.2 Å². The van der Waals surface area contributed by atoms with Crippen LogP contribution in [-0.4, -0.2) is 29.6 Å². The van der Waals surface area contributed by atoms with Gasteiger partial charge >= 0.3 is 5.97 Å². The van der Waals surface area contributed by atoms with E-state index in [1.54, 1.807) is 0 Å². The fourth-order valence-corrected chi connectivity index (χ4v) is 3.20. The summed E-state index contributed by atoms with van der Waals surface area (Å²) in [6, 6.07) is -0.795. The monoisotopic (exact) mass is 416 g/mol. The van der Waals surface area contributed by atoms with Crippen molar-refractivity contribution in [3.05, 3.63) is 12.2 Å². The highest BCUT2D eigenvalue weighted by Gasteiger charge is 2.18. The Morgan fingerprint density at radius 2 is 1.50 bits per heavy atom. The molecule has 0 aromatic rings. The number of allylic oxidation sites excluding steroid dienone is 2. The minimum absolute atomic E-state index is 0.158. The van der Waals surface area contributed by atoms with E-state index < -0.39 is 12.0 Å². The standard InChI is InChI=1S/C22H41ClN2O3/c1-2-3-4-5-6-7-8-9-10-11-12-13-14-18-21(26)25-20(22(27)28)17-15-16-19-24-23/h7-8,20,24H,2-6,9-19H2,1H3,(H,25,26)(H,27,28)/b8-7-/t20-/m0/s1. The molecule has 0 aromatic heterocycles. The van der Waals surface area contributed by atoms with Crippen LogP contribution >= 0.6 is 11.8 Å². The first-order valence-electron chi connectivity index (χ1n) is 11.1. The Bertz CT molecular complexity index is 417. The lowest BCUT2D eigenvalue weighted by Gasteiger charge is -2.14. The van der Waals surface area contributed by atoms with Gasteiger partial charge in [-0.05, 0) is 63.1 Å². The zero-order valence-electron chi connectivity index (χ0n) is 17.7. The number of nitrogens with one attached hydrogen (secondary N) is 2. The Hall–Kier alpha value is -1.07. The first kappa shape index (κ1) is 26.9. The SMILES string of the molecule is CCCCCC/C=C\CCCCCCCC(=O)N[C@@H](CCCCNCl)C(=O)O. The molecule has 0 spiro atoms. The van der Waals surface area contributed by atoms with Crippen LogP contribution in [0.15, 0.2) is 12.2 Å². The van der Waals surface area contributed by atoms with Crippen LogP contribution in [0.4, 0.5) is 0 Å². The maximum Gasteiger partial charge on any atom is 0.326 e. The lowest BCUT2D eigenvalue weighted by atomic mass is 10.1. The predicted molar refractivity (Wildman–Crippen MR) is 117 cm³/mol. The molecule has 1 atom stereocenters. The van der Waals surface area contributed by atoms with Crippen LogP contribution in [0.25, 0.3) is 0 Å². The van der Waals surface area contributed by atoms with Gasteiger partial charge in [0.15, 0.2) is 0 Å². The van der Waals surface area contributed by atoms with Crippen molar-refractivity contribution in [1.29, 1.82) is 0 Å². The summed E-state index contributed by atoms with van der Waals surface area (Å²) in [5, 5.41) is 11.8. The van der Waals surface area contributed by atoms with Gasteiger partial charge in [0.1, 0.15) is 6.04 Å². The number of carbonyl (C=O) groups is 2. The van der Waals surface area contributed by atoms with Crippen LogP contribution in [0.1, 0.15) is 103 Å². The fourth-order valence-electron chi connectivity index (χ4n) is 3.07. The number of halogens is 1. The van der Waals surface area contributed by atoms with Crippen molar-refractivity contribution in [3.8, 4) is 0 Å². The molecule has 0 aliphatic rings. The molecule has 0 radical (unpaired) electrons. The van der Waals surface area contributed by atoms with E-state index in [0.29, 0.717) is 25.8 Å². The molecular formula is C22H41ClN2O3. The van der Waals surface area contributed by atoms with Gasteiger partial charge in [-0.15, -0.1) is 0 Å². The zero-order chi connectivity index (χ0) is 20.9. The van der Waals surface area contributed by atoms with Gasteiger partial charge in [0.2, 0.25) is 5.91 Å². The number of carboxylic acid groups (broad SMARTS) is 1. The molecule has 0 saturated carbocycles. The number of carboxylic acids is 1.